The van der Waals surface area contributed by atoms with Gasteiger partial charge in [0.05, 0.1) is 5.69 Å². The van der Waals surface area contributed by atoms with Crippen LogP contribution in [0, 0.1) is 0 Å². The molecular formula is C13H22N4OS. The summed E-state index contributed by atoms with van der Waals surface area (Å²) in [4.78, 5) is 15.4. The van der Waals surface area contributed by atoms with Crippen molar-refractivity contribution in [3.63, 3.8) is 0 Å². The fourth-order valence-electron chi connectivity index (χ4n) is 2.62. The van der Waals surface area contributed by atoms with E-state index in [0.29, 0.717) is 6.04 Å². The summed E-state index contributed by atoms with van der Waals surface area (Å²) in [6, 6.07) is 0.308. The number of rotatable bonds is 5. The van der Waals surface area contributed by atoms with E-state index in [2.05, 4.69) is 21.8 Å². The van der Waals surface area contributed by atoms with Crippen molar-refractivity contribution >= 4 is 17.4 Å². The number of likely N-dealkylation sites (N-methyl/N-ethyl adjacent to an activating group) is 1. The summed E-state index contributed by atoms with van der Waals surface area (Å²) in [5.74, 6) is 0.124. The monoisotopic (exact) mass is 282 g/mol. The highest BCUT2D eigenvalue weighted by atomic mass is 32.1. The molecule has 2 rings (SSSR count). The minimum absolute atomic E-state index is 0.124. The average molecular weight is 282 g/mol. The summed E-state index contributed by atoms with van der Waals surface area (Å²) in [5, 5.41) is 7.28. The van der Waals surface area contributed by atoms with Crippen LogP contribution < -0.4 is 5.32 Å². The zero-order valence-electron chi connectivity index (χ0n) is 11.7. The van der Waals surface area contributed by atoms with E-state index in [0.717, 1.165) is 49.3 Å². The van der Waals surface area contributed by atoms with Gasteiger partial charge in [0.1, 0.15) is 4.88 Å². The quantitative estimate of drug-likeness (QED) is 0.893. The lowest BCUT2D eigenvalue weighted by Gasteiger charge is -2.35. The molecule has 1 N–H and O–H groups in total. The van der Waals surface area contributed by atoms with Crippen molar-refractivity contribution in [3.05, 3.63) is 10.6 Å². The third kappa shape index (κ3) is 3.30. The normalized spacial score (nSPS) is 19.7. The molecule has 0 aliphatic carbocycles. The lowest BCUT2D eigenvalue weighted by atomic mass is 10.0. The first-order valence-electron chi connectivity index (χ1n) is 7.04. The largest absolute Gasteiger partial charge is 0.334 e. The fraction of sp³-hybridized carbons (Fsp3) is 0.769. The Morgan fingerprint density at radius 3 is 3.11 bits per heavy atom. The first kappa shape index (κ1) is 14.4. The lowest BCUT2D eigenvalue weighted by Crippen LogP contribution is -2.48. The van der Waals surface area contributed by atoms with Crippen LogP contribution in [0.25, 0.3) is 0 Å². The molecule has 5 nitrogen and oxygen atoms in total. The number of carbonyl (C=O) groups is 1. The number of aromatic nitrogens is 2. The molecule has 0 aromatic carbocycles. The Balaban J connectivity index is 2.14. The lowest BCUT2D eigenvalue weighted by molar-refractivity contribution is 0.0618. The van der Waals surface area contributed by atoms with Crippen LogP contribution in [-0.2, 0) is 6.42 Å². The second-order valence-electron chi connectivity index (χ2n) is 5.00. The van der Waals surface area contributed by atoms with E-state index in [1.807, 2.05) is 11.9 Å². The zero-order chi connectivity index (χ0) is 13.7. The maximum absolute atomic E-state index is 12.7. The Bertz CT molecular complexity index is 419. The maximum Gasteiger partial charge on any atom is 0.267 e. The zero-order valence-corrected chi connectivity index (χ0v) is 12.5. The summed E-state index contributed by atoms with van der Waals surface area (Å²) < 4.78 is 3.96. The fourth-order valence-corrected chi connectivity index (χ4v) is 3.28. The third-order valence-electron chi connectivity index (χ3n) is 3.56. The van der Waals surface area contributed by atoms with E-state index >= 15 is 0 Å². The SMILES string of the molecule is CCCc1nnsc1C(=O)N1CCCCC1CNC. The highest BCUT2D eigenvalue weighted by molar-refractivity contribution is 7.08. The number of nitrogens with one attached hydrogen (secondary N) is 1. The van der Waals surface area contributed by atoms with Crippen molar-refractivity contribution in [1.82, 2.24) is 19.8 Å². The number of hydrogen-bond donors (Lipinski definition) is 1. The van der Waals surface area contributed by atoms with Crippen LogP contribution >= 0.6 is 11.5 Å². The first-order chi connectivity index (χ1) is 9.27. The highest BCUT2D eigenvalue weighted by Gasteiger charge is 2.29. The predicted molar refractivity (Wildman–Crippen MR) is 76.5 cm³/mol. The van der Waals surface area contributed by atoms with Crippen LogP contribution in [0.2, 0.25) is 0 Å². The van der Waals surface area contributed by atoms with Crippen LogP contribution in [0.5, 0.6) is 0 Å². The van der Waals surface area contributed by atoms with E-state index in [9.17, 15) is 4.79 Å². The molecular weight excluding hydrogens is 260 g/mol. The van der Waals surface area contributed by atoms with E-state index < -0.39 is 0 Å². The van der Waals surface area contributed by atoms with Crippen molar-refractivity contribution in [1.29, 1.82) is 0 Å². The van der Waals surface area contributed by atoms with Crippen molar-refractivity contribution < 1.29 is 4.79 Å². The number of amides is 1. The van der Waals surface area contributed by atoms with Crippen LogP contribution in [0.3, 0.4) is 0 Å². The Labute approximate surface area is 118 Å². The number of hydrogen-bond acceptors (Lipinski definition) is 5. The number of nitrogens with zero attached hydrogens (tertiary/aromatic N) is 3. The second-order valence-corrected chi connectivity index (χ2v) is 5.76. The molecule has 1 aromatic heterocycles. The van der Waals surface area contributed by atoms with Gasteiger partial charge >= 0.3 is 0 Å². The van der Waals surface area contributed by atoms with Crippen molar-refractivity contribution in [3.8, 4) is 0 Å². The molecule has 1 aliphatic heterocycles. The van der Waals surface area contributed by atoms with Crippen molar-refractivity contribution in [2.45, 2.75) is 45.1 Å². The predicted octanol–water partition coefficient (Wildman–Crippen LogP) is 1.70. The molecule has 2 heterocycles. The van der Waals surface area contributed by atoms with Gasteiger partial charge in [0.25, 0.3) is 5.91 Å². The molecule has 1 atom stereocenters. The number of carbonyl (C=O) groups excluding carboxylic acids is 1. The van der Waals surface area contributed by atoms with Gasteiger partial charge in [-0.05, 0) is 44.3 Å². The highest BCUT2D eigenvalue weighted by Crippen LogP contribution is 2.22. The Kier molecular flexibility index (Phi) is 5.27. The topological polar surface area (TPSA) is 58.1 Å². The number of aryl methyl sites for hydroxylation is 1. The minimum Gasteiger partial charge on any atom is -0.334 e. The molecule has 0 bridgehead atoms. The molecule has 106 valence electrons. The van der Waals surface area contributed by atoms with Crippen LogP contribution in [-0.4, -0.2) is 46.6 Å². The molecule has 0 saturated carbocycles. The molecule has 19 heavy (non-hydrogen) atoms. The third-order valence-corrected chi connectivity index (χ3v) is 4.32. The van der Waals surface area contributed by atoms with Gasteiger partial charge in [-0.2, -0.15) is 0 Å². The van der Waals surface area contributed by atoms with Crippen molar-refractivity contribution in [2.75, 3.05) is 20.1 Å². The molecule has 1 unspecified atom stereocenters. The smallest absolute Gasteiger partial charge is 0.267 e. The molecule has 1 fully saturated rings. The second kappa shape index (κ2) is 6.96. The van der Waals surface area contributed by atoms with Crippen LogP contribution in [0.15, 0.2) is 0 Å². The van der Waals surface area contributed by atoms with Gasteiger partial charge in [0.15, 0.2) is 0 Å². The van der Waals surface area contributed by atoms with Gasteiger partial charge in [-0.15, -0.1) is 5.10 Å². The van der Waals surface area contributed by atoms with E-state index in [1.165, 1.54) is 18.0 Å². The molecule has 1 aliphatic rings. The van der Waals surface area contributed by atoms with Gasteiger partial charge in [-0.3, -0.25) is 4.79 Å². The average Bonchev–Trinajstić information content (AvgIpc) is 2.88. The first-order valence-corrected chi connectivity index (χ1v) is 7.82. The molecule has 6 heteroatoms. The van der Waals surface area contributed by atoms with Gasteiger partial charge in [0.2, 0.25) is 0 Å². The van der Waals surface area contributed by atoms with Crippen molar-refractivity contribution in [2.24, 2.45) is 0 Å². The molecule has 1 aromatic rings. The summed E-state index contributed by atoms with van der Waals surface area (Å²) in [5.41, 5.74) is 0.867. The van der Waals surface area contributed by atoms with Gasteiger partial charge in [-0.25, -0.2) is 0 Å². The summed E-state index contributed by atoms with van der Waals surface area (Å²) in [7, 11) is 1.94. The van der Waals surface area contributed by atoms with E-state index in [1.54, 1.807) is 0 Å². The van der Waals surface area contributed by atoms with E-state index in [-0.39, 0.29) is 5.91 Å². The number of piperidine rings is 1. The standard InChI is InChI=1S/C13H22N4OS/c1-3-6-11-12(19-16-15-11)13(18)17-8-5-4-7-10(17)9-14-2/h10,14H,3-9H2,1-2H3. The summed E-state index contributed by atoms with van der Waals surface area (Å²) in [6.45, 7) is 3.81. The maximum atomic E-state index is 12.7. The molecule has 1 amide bonds. The molecule has 1 saturated heterocycles. The van der Waals surface area contributed by atoms with Gasteiger partial charge < -0.3 is 10.2 Å². The molecule has 0 radical (unpaired) electrons. The molecule has 0 spiro atoms. The Morgan fingerprint density at radius 2 is 2.37 bits per heavy atom. The Morgan fingerprint density at radius 1 is 1.53 bits per heavy atom. The Hall–Kier alpha value is -1.01. The minimum atomic E-state index is 0.124. The van der Waals surface area contributed by atoms with E-state index in [4.69, 9.17) is 0 Å². The van der Waals surface area contributed by atoms with Crippen LogP contribution in [0.1, 0.15) is 48.0 Å². The summed E-state index contributed by atoms with van der Waals surface area (Å²) in [6.07, 6.45) is 5.22. The van der Waals surface area contributed by atoms with Crippen LogP contribution in [0.4, 0.5) is 0 Å². The summed E-state index contributed by atoms with van der Waals surface area (Å²) >= 11 is 1.24. The van der Waals surface area contributed by atoms with Gasteiger partial charge in [-0.1, -0.05) is 17.8 Å². The number of likely N-dealkylation sites (tertiary alicyclic amines) is 1. The van der Waals surface area contributed by atoms with Gasteiger partial charge in [0, 0.05) is 19.1 Å².